The van der Waals surface area contributed by atoms with Crippen LogP contribution in [0.15, 0.2) is 53.9 Å². The number of thioether (sulfide) groups is 1. The molecule has 1 aliphatic carbocycles. The van der Waals surface area contributed by atoms with Gasteiger partial charge in [-0.2, -0.15) is 0 Å². The lowest BCUT2D eigenvalue weighted by molar-refractivity contribution is 0.652. The lowest BCUT2D eigenvalue weighted by Gasteiger charge is -2.37. The molecule has 3 heterocycles. The number of imidazole rings is 1. The predicted molar refractivity (Wildman–Crippen MR) is 89.4 cm³/mol. The van der Waals surface area contributed by atoms with Crippen molar-refractivity contribution in [2.45, 2.75) is 42.5 Å². The van der Waals surface area contributed by atoms with Crippen LogP contribution in [0, 0.1) is 0 Å². The lowest BCUT2D eigenvalue weighted by Crippen LogP contribution is -2.43. The van der Waals surface area contributed by atoms with E-state index in [-0.39, 0.29) is 10.3 Å². The summed E-state index contributed by atoms with van der Waals surface area (Å²) in [6.45, 7) is 6.72. The topological polar surface area (TPSA) is 21.1 Å². The van der Waals surface area contributed by atoms with Gasteiger partial charge in [-0.25, -0.2) is 4.98 Å². The van der Waals surface area contributed by atoms with Crippen molar-refractivity contribution in [3.8, 4) is 0 Å². The van der Waals surface area contributed by atoms with Crippen molar-refractivity contribution in [2.24, 2.45) is 0 Å². The standard InChI is InChI=1S/C17H19N3S/c1-16(2,3)21-14-12-18-15-19-11-7-6-10-17(19)9-5-4-8-13(17)20(14)15/h4-8,10-12H,9H2,1-3H3. The number of rotatable bonds is 1. The summed E-state index contributed by atoms with van der Waals surface area (Å²) in [7, 11) is 0. The highest BCUT2D eigenvalue weighted by Gasteiger charge is 2.48. The molecule has 0 N–H and O–H groups in total. The van der Waals surface area contributed by atoms with Gasteiger partial charge < -0.3 is 4.90 Å². The molecule has 3 aliphatic rings. The van der Waals surface area contributed by atoms with E-state index in [1.54, 1.807) is 0 Å². The van der Waals surface area contributed by atoms with Crippen molar-refractivity contribution in [1.82, 2.24) is 9.55 Å². The van der Waals surface area contributed by atoms with E-state index < -0.39 is 0 Å². The molecule has 0 saturated heterocycles. The summed E-state index contributed by atoms with van der Waals surface area (Å²) < 4.78 is 2.49. The zero-order valence-electron chi connectivity index (χ0n) is 12.6. The molecule has 1 atom stereocenters. The summed E-state index contributed by atoms with van der Waals surface area (Å²) in [6.07, 6.45) is 18.3. The van der Waals surface area contributed by atoms with E-state index in [9.17, 15) is 0 Å². The van der Waals surface area contributed by atoms with Crippen molar-refractivity contribution in [1.29, 1.82) is 0 Å². The Labute approximate surface area is 129 Å². The van der Waals surface area contributed by atoms with Gasteiger partial charge in [0.05, 0.1) is 11.9 Å². The highest BCUT2D eigenvalue weighted by atomic mass is 32.2. The second kappa shape index (κ2) is 4.17. The lowest BCUT2D eigenvalue weighted by atomic mass is 9.85. The minimum Gasteiger partial charge on any atom is -0.303 e. The van der Waals surface area contributed by atoms with Crippen LogP contribution in [0.4, 0.5) is 5.95 Å². The number of hydrogen-bond acceptors (Lipinski definition) is 3. The molecule has 0 bridgehead atoms. The van der Waals surface area contributed by atoms with Gasteiger partial charge in [0.2, 0.25) is 5.95 Å². The van der Waals surface area contributed by atoms with Gasteiger partial charge in [-0.1, -0.05) is 45.1 Å². The van der Waals surface area contributed by atoms with Crippen LogP contribution in [-0.4, -0.2) is 19.8 Å². The fourth-order valence-corrected chi connectivity index (χ4v) is 4.22. The van der Waals surface area contributed by atoms with Gasteiger partial charge in [-0.05, 0) is 18.6 Å². The van der Waals surface area contributed by atoms with Crippen LogP contribution in [0.3, 0.4) is 0 Å². The first-order valence-corrected chi connectivity index (χ1v) is 8.13. The molecule has 2 aliphatic heterocycles. The number of anilines is 1. The largest absolute Gasteiger partial charge is 0.303 e. The Balaban J connectivity index is 1.90. The maximum absolute atomic E-state index is 4.70. The molecule has 0 saturated carbocycles. The van der Waals surface area contributed by atoms with Gasteiger partial charge >= 0.3 is 0 Å². The molecule has 108 valence electrons. The van der Waals surface area contributed by atoms with Crippen molar-refractivity contribution in [3.05, 3.63) is 48.9 Å². The summed E-state index contributed by atoms with van der Waals surface area (Å²) in [5.74, 6) is 1.03. The van der Waals surface area contributed by atoms with Crippen LogP contribution in [0.25, 0.3) is 5.70 Å². The molecule has 4 heteroatoms. The van der Waals surface area contributed by atoms with Crippen LogP contribution >= 0.6 is 11.8 Å². The molecule has 1 aromatic rings. The number of aromatic nitrogens is 2. The third kappa shape index (κ3) is 1.78. The molecular weight excluding hydrogens is 278 g/mol. The van der Waals surface area contributed by atoms with E-state index in [1.165, 1.54) is 10.7 Å². The Morgan fingerprint density at radius 1 is 1.24 bits per heavy atom. The van der Waals surface area contributed by atoms with E-state index in [2.05, 4.69) is 72.9 Å². The molecule has 3 nitrogen and oxygen atoms in total. The molecule has 0 fully saturated rings. The molecule has 1 aromatic heterocycles. The molecule has 0 amide bonds. The average molecular weight is 297 g/mol. The van der Waals surface area contributed by atoms with Gasteiger partial charge in [0.15, 0.2) is 0 Å². The Bertz CT molecular complexity index is 715. The zero-order valence-corrected chi connectivity index (χ0v) is 13.4. The summed E-state index contributed by atoms with van der Waals surface area (Å²) in [5, 5.41) is 1.22. The number of nitrogens with zero attached hydrogens (tertiary/aromatic N) is 3. The maximum Gasteiger partial charge on any atom is 0.216 e. The minimum atomic E-state index is -0.0830. The Hall–Kier alpha value is -1.68. The van der Waals surface area contributed by atoms with Crippen LogP contribution in [0.1, 0.15) is 27.2 Å². The van der Waals surface area contributed by atoms with Crippen LogP contribution in [0.5, 0.6) is 0 Å². The van der Waals surface area contributed by atoms with Crippen molar-refractivity contribution in [3.63, 3.8) is 0 Å². The monoisotopic (exact) mass is 297 g/mol. The van der Waals surface area contributed by atoms with E-state index in [1.807, 2.05) is 18.0 Å². The number of fused-ring (bicyclic) bond motifs is 3. The van der Waals surface area contributed by atoms with Crippen LogP contribution in [0.2, 0.25) is 0 Å². The summed E-state index contributed by atoms with van der Waals surface area (Å²) in [6, 6.07) is 0. The minimum absolute atomic E-state index is 0.0830. The molecule has 0 aromatic carbocycles. The normalized spacial score (nSPS) is 25.7. The highest BCUT2D eigenvalue weighted by Crippen LogP contribution is 2.50. The van der Waals surface area contributed by atoms with E-state index >= 15 is 0 Å². The Morgan fingerprint density at radius 3 is 2.90 bits per heavy atom. The molecule has 4 rings (SSSR count). The number of allylic oxidation sites excluding steroid dienone is 4. The maximum atomic E-state index is 4.70. The first kappa shape index (κ1) is 13.0. The molecule has 1 unspecified atom stereocenters. The van der Waals surface area contributed by atoms with E-state index in [0.29, 0.717) is 0 Å². The molecule has 1 spiro atoms. The second-order valence-electron chi connectivity index (χ2n) is 6.63. The van der Waals surface area contributed by atoms with Crippen molar-refractivity contribution in [2.75, 3.05) is 4.90 Å². The first-order chi connectivity index (χ1) is 10.0. The Morgan fingerprint density at radius 2 is 2.10 bits per heavy atom. The van der Waals surface area contributed by atoms with Gasteiger partial charge in [-0.3, -0.25) is 4.57 Å². The van der Waals surface area contributed by atoms with E-state index in [4.69, 9.17) is 4.98 Å². The third-order valence-electron chi connectivity index (χ3n) is 3.99. The summed E-state index contributed by atoms with van der Waals surface area (Å²) in [5.41, 5.74) is 1.23. The molecule has 0 radical (unpaired) electrons. The average Bonchev–Trinajstić information content (AvgIpc) is 2.93. The van der Waals surface area contributed by atoms with Gasteiger partial charge in [0.25, 0.3) is 0 Å². The van der Waals surface area contributed by atoms with Crippen molar-refractivity contribution < 1.29 is 0 Å². The van der Waals surface area contributed by atoms with Crippen LogP contribution in [-0.2, 0) is 0 Å². The quantitative estimate of drug-likeness (QED) is 0.724. The predicted octanol–water partition coefficient (Wildman–Crippen LogP) is 4.22. The Kier molecular flexibility index (Phi) is 2.58. The zero-order chi connectivity index (χ0) is 14.7. The van der Waals surface area contributed by atoms with Gasteiger partial charge in [-0.15, -0.1) is 11.8 Å². The molecule has 21 heavy (non-hydrogen) atoms. The number of hydrogen-bond donors (Lipinski definition) is 0. The summed E-state index contributed by atoms with van der Waals surface area (Å²) >= 11 is 1.87. The van der Waals surface area contributed by atoms with E-state index in [0.717, 1.165) is 12.4 Å². The summed E-state index contributed by atoms with van der Waals surface area (Å²) in [4.78, 5) is 7.00. The fraction of sp³-hybridized carbons (Fsp3) is 0.353. The van der Waals surface area contributed by atoms with Gasteiger partial charge in [0.1, 0.15) is 10.6 Å². The van der Waals surface area contributed by atoms with Crippen LogP contribution < -0.4 is 4.90 Å². The molecular formula is C17H19N3S. The first-order valence-electron chi connectivity index (χ1n) is 7.31. The van der Waals surface area contributed by atoms with Gasteiger partial charge in [0, 0.05) is 10.9 Å². The smallest absolute Gasteiger partial charge is 0.216 e. The highest BCUT2D eigenvalue weighted by molar-refractivity contribution is 8.00. The fourth-order valence-electron chi connectivity index (χ4n) is 3.22. The second-order valence-corrected chi connectivity index (χ2v) is 8.47. The van der Waals surface area contributed by atoms with Crippen molar-refractivity contribution >= 4 is 23.4 Å². The SMILES string of the molecule is CC(C)(C)Sc1cnc2n1C1=CC=CCC13C=CC=CN23. The third-order valence-corrected chi connectivity index (χ3v) is 5.10.